The average molecular weight is 264 g/mol. The number of carboxylic acid groups (broad SMARTS) is 1. The third kappa shape index (κ3) is 3.56. The van der Waals surface area contributed by atoms with Gasteiger partial charge in [-0.2, -0.15) is 0 Å². The van der Waals surface area contributed by atoms with Crippen molar-refractivity contribution in [3.05, 3.63) is 11.9 Å². The van der Waals surface area contributed by atoms with Crippen LogP contribution in [0.15, 0.2) is 6.07 Å². The number of piperidine rings is 1. The molecule has 1 aromatic rings. The minimum absolute atomic E-state index is 0.0596. The van der Waals surface area contributed by atoms with Crippen LogP contribution >= 0.6 is 0 Å². The van der Waals surface area contributed by atoms with Crippen molar-refractivity contribution in [3.63, 3.8) is 0 Å². The predicted octanol–water partition coefficient (Wildman–Crippen LogP) is 1.30. The molecule has 0 atom stereocenters. The number of carboxylic acids is 1. The van der Waals surface area contributed by atoms with E-state index in [0.717, 1.165) is 18.9 Å². The molecule has 2 heterocycles. The highest BCUT2D eigenvalue weighted by Crippen LogP contribution is 2.21. The van der Waals surface area contributed by atoms with Crippen LogP contribution in [-0.2, 0) is 4.79 Å². The van der Waals surface area contributed by atoms with E-state index in [9.17, 15) is 4.79 Å². The van der Waals surface area contributed by atoms with E-state index in [1.54, 1.807) is 11.9 Å². The quantitative estimate of drug-likeness (QED) is 0.884. The second kappa shape index (κ2) is 5.86. The number of aliphatic carboxylic acids is 1. The van der Waals surface area contributed by atoms with Gasteiger partial charge in [0.25, 0.3) is 0 Å². The zero-order valence-electron chi connectivity index (χ0n) is 11.5. The molecular formula is C13H20N4O2. The molecule has 1 fully saturated rings. The van der Waals surface area contributed by atoms with E-state index in [-0.39, 0.29) is 6.54 Å². The van der Waals surface area contributed by atoms with Crippen LogP contribution in [0.2, 0.25) is 0 Å². The first kappa shape index (κ1) is 13.6. The fourth-order valence-electron chi connectivity index (χ4n) is 2.30. The Kier molecular flexibility index (Phi) is 4.19. The lowest BCUT2D eigenvalue weighted by Crippen LogP contribution is -2.31. The van der Waals surface area contributed by atoms with Gasteiger partial charge in [0.05, 0.1) is 0 Å². The third-order valence-corrected chi connectivity index (χ3v) is 3.25. The SMILES string of the molecule is Cc1nc(N(C)CC(=O)O)cc(N2CCCCC2)n1. The highest BCUT2D eigenvalue weighted by molar-refractivity contribution is 5.73. The molecule has 0 aliphatic carbocycles. The molecule has 6 heteroatoms. The van der Waals surface area contributed by atoms with Gasteiger partial charge in [-0.1, -0.05) is 0 Å². The van der Waals surface area contributed by atoms with Crippen LogP contribution in [0, 0.1) is 6.92 Å². The fraction of sp³-hybridized carbons (Fsp3) is 0.615. The summed E-state index contributed by atoms with van der Waals surface area (Å²) < 4.78 is 0. The van der Waals surface area contributed by atoms with Gasteiger partial charge >= 0.3 is 5.97 Å². The van der Waals surface area contributed by atoms with Gasteiger partial charge in [0.2, 0.25) is 0 Å². The first-order valence-corrected chi connectivity index (χ1v) is 6.60. The summed E-state index contributed by atoms with van der Waals surface area (Å²) in [6.07, 6.45) is 3.64. The van der Waals surface area contributed by atoms with Crippen molar-refractivity contribution < 1.29 is 9.90 Å². The predicted molar refractivity (Wildman–Crippen MR) is 73.7 cm³/mol. The summed E-state index contributed by atoms with van der Waals surface area (Å²) in [4.78, 5) is 23.4. The van der Waals surface area contributed by atoms with Gasteiger partial charge in [0, 0.05) is 26.2 Å². The Balaban J connectivity index is 2.20. The second-order valence-corrected chi connectivity index (χ2v) is 4.93. The van der Waals surface area contributed by atoms with Crippen molar-refractivity contribution in [1.82, 2.24) is 9.97 Å². The lowest BCUT2D eigenvalue weighted by atomic mass is 10.1. The van der Waals surface area contributed by atoms with E-state index in [4.69, 9.17) is 5.11 Å². The van der Waals surface area contributed by atoms with Crippen molar-refractivity contribution in [2.75, 3.05) is 36.5 Å². The van der Waals surface area contributed by atoms with Gasteiger partial charge < -0.3 is 14.9 Å². The van der Waals surface area contributed by atoms with Gasteiger partial charge in [-0.25, -0.2) is 9.97 Å². The summed E-state index contributed by atoms with van der Waals surface area (Å²) in [7, 11) is 1.73. The minimum atomic E-state index is -0.863. The summed E-state index contributed by atoms with van der Waals surface area (Å²) >= 11 is 0. The molecule has 1 N–H and O–H groups in total. The fourth-order valence-corrected chi connectivity index (χ4v) is 2.30. The van der Waals surface area contributed by atoms with Crippen LogP contribution in [0.1, 0.15) is 25.1 Å². The number of likely N-dealkylation sites (N-methyl/N-ethyl adjacent to an activating group) is 1. The summed E-state index contributed by atoms with van der Waals surface area (Å²) in [6, 6.07) is 1.88. The highest BCUT2D eigenvalue weighted by atomic mass is 16.4. The Bertz CT molecular complexity index is 458. The van der Waals surface area contributed by atoms with E-state index in [0.29, 0.717) is 11.6 Å². The van der Waals surface area contributed by atoms with Crippen LogP contribution in [-0.4, -0.2) is 47.7 Å². The molecule has 1 aliphatic heterocycles. The van der Waals surface area contributed by atoms with E-state index in [1.807, 2.05) is 13.0 Å². The van der Waals surface area contributed by atoms with E-state index >= 15 is 0 Å². The van der Waals surface area contributed by atoms with Gasteiger partial charge in [-0.15, -0.1) is 0 Å². The molecule has 19 heavy (non-hydrogen) atoms. The number of carbonyl (C=O) groups is 1. The van der Waals surface area contributed by atoms with Crippen molar-refractivity contribution in [2.45, 2.75) is 26.2 Å². The van der Waals surface area contributed by atoms with Gasteiger partial charge in [0.1, 0.15) is 24.0 Å². The number of hydrogen-bond donors (Lipinski definition) is 1. The van der Waals surface area contributed by atoms with Crippen LogP contribution in [0.4, 0.5) is 11.6 Å². The minimum Gasteiger partial charge on any atom is -0.480 e. The molecule has 1 aromatic heterocycles. The summed E-state index contributed by atoms with van der Waals surface area (Å²) in [5, 5.41) is 8.84. The first-order valence-electron chi connectivity index (χ1n) is 6.60. The van der Waals surface area contributed by atoms with Crippen LogP contribution in [0.25, 0.3) is 0 Å². The Hall–Kier alpha value is -1.85. The topological polar surface area (TPSA) is 69.6 Å². The maximum atomic E-state index is 10.8. The van der Waals surface area contributed by atoms with Crippen molar-refractivity contribution in [1.29, 1.82) is 0 Å². The maximum Gasteiger partial charge on any atom is 0.323 e. The average Bonchev–Trinajstić information content (AvgIpc) is 2.38. The maximum absolute atomic E-state index is 10.8. The van der Waals surface area contributed by atoms with E-state index < -0.39 is 5.97 Å². The standard InChI is InChI=1S/C13H20N4O2/c1-10-14-11(16(2)9-13(18)19)8-12(15-10)17-6-4-3-5-7-17/h8H,3-7,9H2,1-2H3,(H,18,19). The number of hydrogen-bond acceptors (Lipinski definition) is 5. The molecule has 0 unspecified atom stereocenters. The molecule has 0 aromatic carbocycles. The number of aryl methyl sites for hydroxylation is 1. The Labute approximate surface area is 113 Å². The van der Waals surface area contributed by atoms with Crippen molar-refractivity contribution in [3.8, 4) is 0 Å². The van der Waals surface area contributed by atoms with E-state index in [1.165, 1.54) is 19.3 Å². The third-order valence-electron chi connectivity index (χ3n) is 3.25. The zero-order chi connectivity index (χ0) is 13.8. The van der Waals surface area contributed by atoms with E-state index in [2.05, 4.69) is 14.9 Å². The highest BCUT2D eigenvalue weighted by Gasteiger charge is 2.15. The number of nitrogens with zero attached hydrogens (tertiary/aromatic N) is 4. The molecule has 1 aliphatic rings. The second-order valence-electron chi connectivity index (χ2n) is 4.93. The van der Waals surface area contributed by atoms with Crippen LogP contribution in [0.3, 0.4) is 0 Å². The Morgan fingerprint density at radius 3 is 2.68 bits per heavy atom. The summed E-state index contributed by atoms with van der Waals surface area (Å²) in [6.45, 7) is 3.80. The normalized spacial score (nSPS) is 15.4. The first-order chi connectivity index (χ1) is 9.06. The molecular weight excluding hydrogens is 244 g/mol. The smallest absolute Gasteiger partial charge is 0.323 e. The molecule has 0 amide bonds. The van der Waals surface area contributed by atoms with Gasteiger partial charge in [-0.3, -0.25) is 4.79 Å². The van der Waals surface area contributed by atoms with Crippen molar-refractivity contribution >= 4 is 17.6 Å². The molecule has 1 saturated heterocycles. The Morgan fingerprint density at radius 2 is 2.05 bits per heavy atom. The summed E-state index contributed by atoms with van der Waals surface area (Å²) in [5.41, 5.74) is 0. The van der Waals surface area contributed by atoms with Crippen LogP contribution in [0.5, 0.6) is 0 Å². The largest absolute Gasteiger partial charge is 0.480 e. The molecule has 0 bridgehead atoms. The summed E-state index contributed by atoms with van der Waals surface area (Å²) in [5.74, 6) is 1.38. The number of aromatic nitrogens is 2. The Morgan fingerprint density at radius 1 is 1.37 bits per heavy atom. The molecule has 104 valence electrons. The monoisotopic (exact) mass is 264 g/mol. The number of rotatable bonds is 4. The molecule has 0 spiro atoms. The molecule has 6 nitrogen and oxygen atoms in total. The van der Waals surface area contributed by atoms with Gasteiger partial charge in [-0.05, 0) is 26.2 Å². The number of anilines is 2. The lowest BCUT2D eigenvalue weighted by Gasteiger charge is -2.28. The zero-order valence-corrected chi connectivity index (χ0v) is 11.5. The molecule has 2 rings (SSSR count). The van der Waals surface area contributed by atoms with Crippen LogP contribution < -0.4 is 9.80 Å². The molecule has 0 radical (unpaired) electrons. The van der Waals surface area contributed by atoms with Crippen molar-refractivity contribution in [2.24, 2.45) is 0 Å². The molecule has 0 saturated carbocycles. The van der Waals surface area contributed by atoms with Gasteiger partial charge in [0.15, 0.2) is 0 Å². The lowest BCUT2D eigenvalue weighted by molar-refractivity contribution is -0.135.